The first-order chi connectivity index (χ1) is 29.5. The molecule has 60 heavy (non-hydrogen) atoms. The first kappa shape index (κ1) is 57.6. The van der Waals surface area contributed by atoms with Crippen molar-refractivity contribution >= 4 is 17.9 Å². The maximum absolute atomic E-state index is 12.6. The quantitative estimate of drug-likeness (QED) is 0.0263. The molecule has 350 valence electrons. The van der Waals surface area contributed by atoms with Crippen LogP contribution in [-0.2, 0) is 28.6 Å². The van der Waals surface area contributed by atoms with Crippen LogP contribution < -0.4 is 0 Å². The summed E-state index contributed by atoms with van der Waals surface area (Å²) in [6.45, 7) is 6.53. The smallest absolute Gasteiger partial charge is 0.306 e. The molecule has 0 aliphatic heterocycles. The zero-order valence-electron chi connectivity index (χ0n) is 40.0. The average Bonchev–Trinajstić information content (AvgIpc) is 3.24. The molecule has 6 heteroatoms. The zero-order chi connectivity index (χ0) is 43.7. The van der Waals surface area contributed by atoms with Gasteiger partial charge in [-0.15, -0.1) is 0 Å². The Morgan fingerprint density at radius 3 is 0.933 bits per heavy atom. The van der Waals surface area contributed by atoms with Gasteiger partial charge in [-0.2, -0.15) is 0 Å². The summed E-state index contributed by atoms with van der Waals surface area (Å²) in [5, 5.41) is 0. The van der Waals surface area contributed by atoms with E-state index in [9.17, 15) is 14.4 Å². The van der Waals surface area contributed by atoms with Crippen molar-refractivity contribution in [2.24, 2.45) is 0 Å². The van der Waals surface area contributed by atoms with Gasteiger partial charge in [0.25, 0.3) is 0 Å². The fourth-order valence-electron chi connectivity index (χ4n) is 7.45. The zero-order valence-corrected chi connectivity index (χ0v) is 40.0. The molecule has 6 nitrogen and oxygen atoms in total. The summed E-state index contributed by atoms with van der Waals surface area (Å²) in [5.41, 5.74) is 0. The third-order valence-electron chi connectivity index (χ3n) is 11.4. The minimum atomic E-state index is -0.762. The van der Waals surface area contributed by atoms with Crippen LogP contribution in [0.25, 0.3) is 0 Å². The molecule has 1 atom stereocenters. The lowest BCUT2D eigenvalue weighted by atomic mass is 10.0. The highest BCUT2D eigenvalue weighted by molar-refractivity contribution is 5.71. The molecule has 0 aromatic heterocycles. The molecule has 0 N–H and O–H groups in total. The van der Waals surface area contributed by atoms with E-state index in [-0.39, 0.29) is 31.1 Å². The third-order valence-corrected chi connectivity index (χ3v) is 11.4. The van der Waals surface area contributed by atoms with E-state index in [2.05, 4.69) is 57.2 Å². The maximum Gasteiger partial charge on any atom is 0.306 e. The predicted molar refractivity (Wildman–Crippen MR) is 256 cm³/mol. The minimum Gasteiger partial charge on any atom is -0.462 e. The normalized spacial score (nSPS) is 12.2. The Labute approximate surface area is 372 Å². The Hall–Kier alpha value is -2.37. The van der Waals surface area contributed by atoms with Crippen molar-refractivity contribution in [3.63, 3.8) is 0 Å². The highest BCUT2D eigenvalue weighted by Gasteiger charge is 2.19. The first-order valence-electron chi connectivity index (χ1n) is 26.0. The molecule has 0 aromatic rings. The van der Waals surface area contributed by atoms with Gasteiger partial charge in [0.15, 0.2) is 6.10 Å². The van der Waals surface area contributed by atoms with Crippen LogP contribution in [0.4, 0.5) is 0 Å². The van der Waals surface area contributed by atoms with E-state index in [1.54, 1.807) is 0 Å². The van der Waals surface area contributed by atoms with E-state index in [0.29, 0.717) is 19.3 Å². The van der Waals surface area contributed by atoms with Crippen molar-refractivity contribution in [1.82, 2.24) is 0 Å². The maximum atomic E-state index is 12.6. The molecule has 0 aliphatic carbocycles. The fraction of sp³-hybridized carbons (Fsp3) is 0.833. The van der Waals surface area contributed by atoms with Crippen molar-refractivity contribution in [1.29, 1.82) is 0 Å². The van der Waals surface area contributed by atoms with Crippen LogP contribution in [0.5, 0.6) is 0 Å². The van der Waals surface area contributed by atoms with E-state index in [1.165, 1.54) is 161 Å². The Kier molecular flexibility index (Phi) is 47.3. The van der Waals surface area contributed by atoms with E-state index in [1.807, 2.05) is 0 Å². The lowest BCUT2D eigenvalue weighted by molar-refractivity contribution is -0.167. The summed E-state index contributed by atoms with van der Waals surface area (Å²) in [5.74, 6) is -0.881. The van der Waals surface area contributed by atoms with Gasteiger partial charge in [0.2, 0.25) is 0 Å². The number of ether oxygens (including phenoxy) is 3. The van der Waals surface area contributed by atoms with Gasteiger partial charge >= 0.3 is 17.9 Å². The van der Waals surface area contributed by atoms with E-state index < -0.39 is 6.10 Å². The highest BCUT2D eigenvalue weighted by atomic mass is 16.6. The largest absolute Gasteiger partial charge is 0.462 e. The van der Waals surface area contributed by atoms with Crippen molar-refractivity contribution < 1.29 is 28.6 Å². The molecule has 0 spiro atoms. The lowest BCUT2D eigenvalue weighted by Crippen LogP contribution is -2.30. The fourth-order valence-corrected chi connectivity index (χ4v) is 7.45. The topological polar surface area (TPSA) is 78.9 Å². The van der Waals surface area contributed by atoms with Crippen molar-refractivity contribution in [3.05, 3.63) is 36.5 Å². The molecular weight excluding hydrogens is 745 g/mol. The van der Waals surface area contributed by atoms with Gasteiger partial charge in [-0.25, -0.2) is 0 Å². The third kappa shape index (κ3) is 46.7. The molecule has 0 fully saturated rings. The number of hydrogen-bond donors (Lipinski definition) is 0. The van der Waals surface area contributed by atoms with Gasteiger partial charge < -0.3 is 14.2 Å². The molecule has 0 saturated carbocycles. The molecule has 0 radical (unpaired) electrons. The van der Waals surface area contributed by atoms with Crippen LogP contribution in [0, 0.1) is 0 Å². The van der Waals surface area contributed by atoms with Gasteiger partial charge in [-0.1, -0.05) is 231 Å². The second-order valence-electron chi connectivity index (χ2n) is 17.4. The SMILES string of the molecule is CCCCCCC/C=C\C/C=C\C/C=C\CCCCCCCCCCCCCCCCC(=O)OCC(COC(=O)CCCCCCCC)OC(=O)CCCCCCCCC. The summed E-state index contributed by atoms with van der Waals surface area (Å²) < 4.78 is 16.6. The van der Waals surface area contributed by atoms with Crippen LogP contribution in [0.15, 0.2) is 36.5 Å². The predicted octanol–water partition coefficient (Wildman–Crippen LogP) is 16.9. The number of carbonyl (C=O) groups is 3. The number of carbonyl (C=O) groups excluding carboxylic acids is 3. The number of rotatable bonds is 47. The summed E-state index contributed by atoms with van der Waals surface area (Å²) in [4.78, 5) is 37.4. The lowest BCUT2D eigenvalue weighted by Gasteiger charge is -2.18. The van der Waals surface area contributed by atoms with Gasteiger partial charge in [-0.3, -0.25) is 14.4 Å². The van der Waals surface area contributed by atoms with Crippen LogP contribution >= 0.6 is 0 Å². The van der Waals surface area contributed by atoms with Gasteiger partial charge in [-0.05, 0) is 57.8 Å². The summed E-state index contributed by atoms with van der Waals surface area (Å²) in [7, 11) is 0. The standard InChI is InChI=1S/C54H98O6/c1-4-7-10-13-16-17-18-19-20-21-22-23-24-25-26-27-28-29-30-31-32-33-34-35-36-37-39-41-44-47-53(56)59-50-51(49-58-52(55)46-43-40-15-12-9-6-3)60-54(57)48-45-42-38-14-11-8-5-2/h18-19,21-22,24-25,51H,4-17,20,23,26-50H2,1-3H3/b19-18-,22-21-,25-24-. The monoisotopic (exact) mass is 843 g/mol. The highest BCUT2D eigenvalue weighted by Crippen LogP contribution is 2.15. The van der Waals surface area contributed by atoms with Crippen LogP contribution in [0.2, 0.25) is 0 Å². The second kappa shape index (κ2) is 49.3. The number of hydrogen-bond acceptors (Lipinski definition) is 6. The molecule has 0 aliphatic rings. The van der Waals surface area contributed by atoms with E-state index >= 15 is 0 Å². The summed E-state index contributed by atoms with van der Waals surface area (Å²) >= 11 is 0. The minimum absolute atomic E-state index is 0.0697. The Morgan fingerprint density at radius 1 is 0.333 bits per heavy atom. The molecule has 0 bridgehead atoms. The Morgan fingerprint density at radius 2 is 0.600 bits per heavy atom. The van der Waals surface area contributed by atoms with Gasteiger partial charge in [0, 0.05) is 19.3 Å². The molecule has 0 aromatic carbocycles. The molecule has 1 unspecified atom stereocenters. The molecule has 0 saturated heterocycles. The molecule has 0 amide bonds. The summed E-state index contributed by atoms with van der Waals surface area (Å²) in [6.07, 6.45) is 57.6. The number of unbranched alkanes of at least 4 members (excludes halogenated alkanes) is 30. The van der Waals surface area contributed by atoms with E-state index in [4.69, 9.17) is 14.2 Å². The summed E-state index contributed by atoms with van der Waals surface area (Å²) in [6, 6.07) is 0. The number of allylic oxidation sites excluding steroid dienone is 6. The second-order valence-corrected chi connectivity index (χ2v) is 17.4. The van der Waals surface area contributed by atoms with E-state index in [0.717, 1.165) is 70.6 Å². The molecule has 0 heterocycles. The first-order valence-corrected chi connectivity index (χ1v) is 26.0. The Bertz CT molecular complexity index is 1020. The van der Waals surface area contributed by atoms with Crippen LogP contribution in [0.3, 0.4) is 0 Å². The molecular formula is C54H98O6. The van der Waals surface area contributed by atoms with Gasteiger partial charge in [0.1, 0.15) is 13.2 Å². The average molecular weight is 843 g/mol. The van der Waals surface area contributed by atoms with Crippen molar-refractivity contribution in [2.45, 2.75) is 277 Å². The van der Waals surface area contributed by atoms with Crippen molar-refractivity contribution in [2.75, 3.05) is 13.2 Å². The van der Waals surface area contributed by atoms with Crippen LogP contribution in [0.1, 0.15) is 271 Å². The Balaban J connectivity index is 3.90. The van der Waals surface area contributed by atoms with Crippen molar-refractivity contribution in [3.8, 4) is 0 Å². The van der Waals surface area contributed by atoms with Crippen LogP contribution in [-0.4, -0.2) is 37.2 Å². The van der Waals surface area contributed by atoms with Gasteiger partial charge in [0.05, 0.1) is 0 Å². The number of esters is 3. The molecule has 0 rings (SSSR count).